The molecule has 2 aliphatic rings. The first-order chi connectivity index (χ1) is 14.3. The molecular formula is C23H26N6. The Labute approximate surface area is 171 Å². The van der Waals surface area contributed by atoms with Crippen LogP contribution in [0.4, 0.5) is 28.8 Å². The maximum absolute atomic E-state index is 4.76. The average Bonchev–Trinajstić information content (AvgIpc) is 3.19. The van der Waals surface area contributed by atoms with Gasteiger partial charge in [0.15, 0.2) is 0 Å². The van der Waals surface area contributed by atoms with Crippen molar-refractivity contribution in [3.63, 3.8) is 0 Å². The van der Waals surface area contributed by atoms with Crippen molar-refractivity contribution in [3.8, 4) is 0 Å². The topological polar surface area (TPSA) is 47.5 Å². The number of aromatic nitrogens is 2. The van der Waals surface area contributed by atoms with E-state index in [9.17, 15) is 0 Å². The molecular weight excluding hydrogens is 360 g/mol. The zero-order chi connectivity index (χ0) is 19.6. The Bertz CT molecular complexity index is 979. The van der Waals surface area contributed by atoms with E-state index in [1.165, 1.54) is 16.9 Å². The Morgan fingerprint density at radius 2 is 1.66 bits per heavy atom. The van der Waals surface area contributed by atoms with Crippen LogP contribution in [-0.2, 0) is 6.42 Å². The molecule has 1 N–H and O–H groups in total. The summed E-state index contributed by atoms with van der Waals surface area (Å²) in [5.41, 5.74) is 4.89. The van der Waals surface area contributed by atoms with Gasteiger partial charge in [-0.3, -0.25) is 0 Å². The summed E-state index contributed by atoms with van der Waals surface area (Å²) in [4.78, 5) is 16.2. The van der Waals surface area contributed by atoms with E-state index in [2.05, 4.69) is 80.6 Å². The van der Waals surface area contributed by atoms with Gasteiger partial charge >= 0.3 is 0 Å². The fourth-order valence-electron chi connectivity index (χ4n) is 4.09. The molecule has 0 amide bonds. The van der Waals surface area contributed by atoms with Gasteiger partial charge in [-0.2, -0.15) is 4.98 Å². The van der Waals surface area contributed by atoms with Gasteiger partial charge in [-0.1, -0.05) is 18.2 Å². The number of likely N-dealkylation sites (N-methyl/N-ethyl adjacent to an activating group) is 1. The third-order valence-corrected chi connectivity index (χ3v) is 5.80. The lowest BCUT2D eigenvalue weighted by Crippen LogP contribution is -2.44. The van der Waals surface area contributed by atoms with Crippen LogP contribution in [0.15, 0.2) is 60.8 Å². The van der Waals surface area contributed by atoms with Crippen molar-refractivity contribution in [2.75, 3.05) is 54.9 Å². The standard InChI is InChI=1S/C23H26N6/c1-27-14-16-28(17-15-27)20-8-6-19(7-9-20)25-23-24-12-10-22(26-23)29-13-11-18-4-2-3-5-21(18)29/h2-10,12H,11,13-17H2,1H3,(H,24,25,26). The van der Waals surface area contributed by atoms with Crippen LogP contribution in [0, 0.1) is 0 Å². The molecule has 3 aromatic rings. The molecule has 0 bridgehead atoms. The van der Waals surface area contributed by atoms with E-state index in [1.807, 2.05) is 12.3 Å². The highest BCUT2D eigenvalue weighted by Gasteiger charge is 2.21. The van der Waals surface area contributed by atoms with Crippen LogP contribution < -0.4 is 15.1 Å². The molecule has 2 aliphatic heterocycles. The molecule has 2 aromatic carbocycles. The number of nitrogens with one attached hydrogen (secondary N) is 1. The molecule has 1 aromatic heterocycles. The first-order valence-corrected chi connectivity index (χ1v) is 10.3. The second kappa shape index (κ2) is 7.72. The van der Waals surface area contributed by atoms with Gasteiger partial charge in [-0.15, -0.1) is 0 Å². The smallest absolute Gasteiger partial charge is 0.229 e. The summed E-state index contributed by atoms with van der Waals surface area (Å²) in [6, 6.07) is 19.1. The molecule has 5 rings (SSSR count). The minimum atomic E-state index is 0.624. The van der Waals surface area contributed by atoms with Crippen LogP contribution in [0.2, 0.25) is 0 Å². The monoisotopic (exact) mass is 386 g/mol. The third-order valence-electron chi connectivity index (χ3n) is 5.80. The van der Waals surface area contributed by atoms with E-state index in [0.717, 1.165) is 50.6 Å². The normalized spacial score (nSPS) is 16.7. The van der Waals surface area contributed by atoms with E-state index < -0.39 is 0 Å². The maximum Gasteiger partial charge on any atom is 0.229 e. The van der Waals surface area contributed by atoms with Crippen molar-refractivity contribution >= 4 is 28.8 Å². The molecule has 0 saturated carbocycles. The summed E-state index contributed by atoms with van der Waals surface area (Å²) in [6.07, 6.45) is 2.88. The van der Waals surface area contributed by atoms with Crippen molar-refractivity contribution in [2.24, 2.45) is 0 Å². The summed E-state index contributed by atoms with van der Waals surface area (Å²) < 4.78 is 0. The van der Waals surface area contributed by atoms with Gasteiger partial charge in [-0.05, 0) is 55.4 Å². The van der Waals surface area contributed by atoms with Gasteiger partial charge in [0.1, 0.15) is 5.82 Å². The van der Waals surface area contributed by atoms with E-state index in [-0.39, 0.29) is 0 Å². The summed E-state index contributed by atoms with van der Waals surface area (Å²) in [5, 5.41) is 3.35. The Balaban J connectivity index is 1.30. The van der Waals surface area contributed by atoms with Crippen molar-refractivity contribution in [2.45, 2.75) is 6.42 Å². The average molecular weight is 387 g/mol. The van der Waals surface area contributed by atoms with Gasteiger partial charge in [0.2, 0.25) is 5.95 Å². The minimum Gasteiger partial charge on any atom is -0.369 e. The largest absolute Gasteiger partial charge is 0.369 e. The number of benzene rings is 2. The highest BCUT2D eigenvalue weighted by atomic mass is 15.3. The van der Waals surface area contributed by atoms with Gasteiger partial charge in [0.05, 0.1) is 0 Å². The second-order valence-corrected chi connectivity index (χ2v) is 7.73. The Hall–Kier alpha value is -3.12. The highest BCUT2D eigenvalue weighted by molar-refractivity contribution is 5.68. The predicted molar refractivity (Wildman–Crippen MR) is 119 cm³/mol. The summed E-state index contributed by atoms with van der Waals surface area (Å²) in [5.74, 6) is 1.56. The molecule has 3 heterocycles. The first kappa shape index (κ1) is 17.9. The molecule has 1 fully saturated rings. The van der Waals surface area contributed by atoms with Gasteiger partial charge in [-0.25, -0.2) is 4.98 Å². The maximum atomic E-state index is 4.76. The number of hydrogen-bond acceptors (Lipinski definition) is 6. The number of piperazine rings is 1. The molecule has 148 valence electrons. The molecule has 0 spiro atoms. The van der Waals surface area contributed by atoms with Gasteiger partial charge in [0.25, 0.3) is 0 Å². The van der Waals surface area contributed by atoms with Crippen LogP contribution in [0.25, 0.3) is 0 Å². The van der Waals surface area contributed by atoms with E-state index in [1.54, 1.807) is 0 Å². The first-order valence-electron chi connectivity index (χ1n) is 10.3. The number of para-hydroxylation sites is 1. The highest BCUT2D eigenvalue weighted by Crippen LogP contribution is 2.33. The van der Waals surface area contributed by atoms with E-state index in [4.69, 9.17) is 4.98 Å². The molecule has 0 unspecified atom stereocenters. The molecule has 0 aliphatic carbocycles. The number of rotatable bonds is 4. The van der Waals surface area contributed by atoms with Gasteiger partial charge < -0.3 is 20.0 Å². The van der Waals surface area contributed by atoms with Crippen LogP contribution in [0.3, 0.4) is 0 Å². The summed E-state index contributed by atoms with van der Waals surface area (Å²) >= 11 is 0. The van der Waals surface area contributed by atoms with Crippen molar-refractivity contribution in [1.82, 2.24) is 14.9 Å². The van der Waals surface area contributed by atoms with Crippen LogP contribution in [-0.4, -0.2) is 54.6 Å². The zero-order valence-electron chi connectivity index (χ0n) is 16.8. The minimum absolute atomic E-state index is 0.624. The molecule has 0 atom stereocenters. The zero-order valence-corrected chi connectivity index (χ0v) is 16.8. The van der Waals surface area contributed by atoms with Gasteiger partial charge in [0, 0.05) is 56.0 Å². The number of anilines is 5. The van der Waals surface area contributed by atoms with E-state index >= 15 is 0 Å². The molecule has 6 nitrogen and oxygen atoms in total. The molecule has 1 saturated heterocycles. The SMILES string of the molecule is CN1CCN(c2ccc(Nc3nccc(N4CCc5ccccc54)n3)cc2)CC1. The summed E-state index contributed by atoms with van der Waals surface area (Å²) in [6.45, 7) is 5.33. The Kier molecular flexibility index (Phi) is 4.77. The quantitative estimate of drug-likeness (QED) is 0.738. The lowest BCUT2D eigenvalue weighted by Gasteiger charge is -2.34. The third kappa shape index (κ3) is 3.76. The number of fused-ring (bicyclic) bond motifs is 1. The Morgan fingerprint density at radius 3 is 2.48 bits per heavy atom. The van der Waals surface area contributed by atoms with E-state index in [0.29, 0.717) is 5.95 Å². The lowest BCUT2D eigenvalue weighted by atomic mass is 10.2. The molecule has 29 heavy (non-hydrogen) atoms. The van der Waals surface area contributed by atoms with Crippen molar-refractivity contribution in [1.29, 1.82) is 0 Å². The van der Waals surface area contributed by atoms with Crippen molar-refractivity contribution in [3.05, 3.63) is 66.4 Å². The number of nitrogens with zero attached hydrogens (tertiary/aromatic N) is 5. The number of hydrogen-bond donors (Lipinski definition) is 1. The Morgan fingerprint density at radius 1 is 0.862 bits per heavy atom. The fourth-order valence-corrected chi connectivity index (χ4v) is 4.09. The van der Waals surface area contributed by atoms with Crippen LogP contribution in [0.1, 0.15) is 5.56 Å². The molecule has 6 heteroatoms. The predicted octanol–water partition coefficient (Wildman–Crippen LogP) is 3.67. The lowest BCUT2D eigenvalue weighted by molar-refractivity contribution is 0.313. The summed E-state index contributed by atoms with van der Waals surface area (Å²) in [7, 11) is 2.18. The fraction of sp³-hybridized carbons (Fsp3) is 0.304. The molecule has 0 radical (unpaired) electrons. The second-order valence-electron chi connectivity index (χ2n) is 7.73. The van der Waals surface area contributed by atoms with Crippen LogP contribution in [0.5, 0.6) is 0 Å². The van der Waals surface area contributed by atoms with Crippen LogP contribution >= 0.6 is 0 Å². The van der Waals surface area contributed by atoms with Crippen molar-refractivity contribution < 1.29 is 0 Å².